The second-order valence-corrected chi connectivity index (χ2v) is 1.67. The van der Waals surface area contributed by atoms with Crippen LogP contribution >= 0.6 is 0 Å². The summed E-state index contributed by atoms with van der Waals surface area (Å²) >= 11 is -4.28. The van der Waals surface area contributed by atoms with Crippen LogP contribution in [0.1, 0.15) is 0 Å². The quantitative estimate of drug-likeness (QED) is 0.542. The van der Waals surface area contributed by atoms with Crippen LogP contribution in [0.15, 0.2) is 0 Å². The van der Waals surface area contributed by atoms with Crippen molar-refractivity contribution in [1.29, 1.82) is 0 Å². The fraction of sp³-hybridized carbons (Fsp3) is 0. The molecule has 0 radical (unpaired) electrons. The van der Waals surface area contributed by atoms with Crippen molar-refractivity contribution >= 4 is 0 Å². The van der Waals surface area contributed by atoms with Gasteiger partial charge >= 0.3 is 27.4 Å². The molecule has 2 N–H and O–H groups in total. The predicted molar refractivity (Wildman–Crippen MR) is 5.67 cm³/mol. The van der Waals surface area contributed by atoms with Gasteiger partial charge in [-0.05, 0) is 0 Å². The Hall–Kier alpha value is 0.0483. The second-order valence-electron chi connectivity index (χ2n) is 0.204. The van der Waals surface area contributed by atoms with Crippen LogP contribution < -0.4 is 0 Å². The van der Waals surface area contributed by atoms with Crippen molar-refractivity contribution in [1.82, 2.24) is 0 Å². The normalized spacial score (nSPS) is 4.80. The van der Waals surface area contributed by atoms with E-state index >= 15 is 0 Å². The Labute approximate surface area is 33.6 Å². The summed E-state index contributed by atoms with van der Waals surface area (Å²) in [6.45, 7) is 0. The number of rotatable bonds is 0. The zero-order chi connectivity index (χ0) is 3.58. The molecular formula is H2O4W. The van der Waals surface area contributed by atoms with E-state index in [1.807, 2.05) is 0 Å². The maximum atomic E-state index is 8.61. The average Bonchev–Trinajstić information content (AvgIpc) is 0.811. The molecule has 5 heteroatoms. The summed E-state index contributed by atoms with van der Waals surface area (Å²) < 4.78 is 25.8. The molecular weight excluding hydrogens is 248 g/mol. The molecule has 0 aromatic heterocycles. The van der Waals surface area contributed by atoms with E-state index in [2.05, 4.69) is 0 Å². The van der Waals surface area contributed by atoms with E-state index in [1.165, 1.54) is 0 Å². The first-order chi connectivity index (χ1) is 1.73. The van der Waals surface area contributed by atoms with Crippen LogP contribution in [0.4, 0.5) is 0 Å². The van der Waals surface area contributed by atoms with Crippen molar-refractivity contribution in [3.63, 3.8) is 0 Å². The Bertz CT molecular complexity index is 73.0. The summed E-state index contributed by atoms with van der Waals surface area (Å²) in [5.41, 5.74) is 0. The van der Waals surface area contributed by atoms with Gasteiger partial charge in [-0.2, -0.15) is 0 Å². The molecule has 0 unspecified atom stereocenters. The van der Waals surface area contributed by atoms with Gasteiger partial charge in [0.1, 0.15) is 0 Å². The number of hydrogen-bond acceptors (Lipinski definition) is 3. The first kappa shape index (κ1) is 8.90. The van der Waals surface area contributed by atoms with E-state index in [4.69, 9.17) is 10.2 Å². The third-order valence-corrected chi connectivity index (χ3v) is 0. The molecule has 0 heterocycles. The Balaban J connectivity index is 0. The molecule has 32 valence electrons. The zero-order valence-electron chi connectivity index (χ0n) is 2.13. The molecule has 5 heavy (non-hydrogen) atoms. The van der Waals surface area contributed by atoms with Crippen LogP contribution in [0, 0.1) is 0 Å². The predicted octanol–water partition coefficient (Wildman–Crippen LogP) is -1.18. The van der Waals surface area contributed by atoms with E-state index in [0.717, 1.165) is 0 Å². The van der Waals surface area contributed by atoms with Crippen LogP contribution in [0.2, 0.25) is 0 Å². The Morgan fingerprint density at radius 3 is 1.00 bits per heavy atom. The van der Waals surface area contributed by atoms with Crippen LogP contribution in [0.25, 0.3) is 0 Å². The van der Waals surface area contributed by atoms with E-state index in [1.54, 1.807) is 0 Å². The van der Waals surface area contributed by atoms with E-state index in [-0.39, 0.29) is 5.48 Å². The molecule has 0 saturated carbocycles. The summed E-state index contributed by atoms with van der Waals surface area (Å²) in [5, 5.41) is 0. The molecule has 4 nitrogen and oxygen atoms in total. The van der Waals surface area contributed by atoms with Crippen LogP contribution in [0.3, 0.4) is 0 Å². The molecule has 0 aromatic rings. The van der Waals surface area contributed by atoms with Gasteiger partial charge < -0.3 is 5.48 Å². The van der Waals surface area contributed by atoms with Gasteiger partial charge in [0.05, 0.1) is 0 Å². The molecule has 0 atom stereocenters. The zero-order valence-corrected chi connectivity index (χ0v) is 5.07. The van der Waals surface area contributed by atoms with Crippen molar-refractivity contribution in [3.8, 4) is 0 Å². The minimum absolute atomic E-state index is 0. The summed E-state index contributed by atoms with van der Waals surface area (Å²) in [6, 6.07) is 0. The summed E-state index contributed by atoms with van der Waals surface area (Å²) in [6.07, 6.45) is 0. The van der Waals surface area contributed by atoms with E-state index < -0.39 is 17.2 Å². The Morgan fingerprint density at radius 2 is 1.00 bits per heavy atom. The van der Waals surface area contributed by atoms with Crippen molar-refractivity contribution < 1.29 is 32.9 Å². The van der Waals surface area contributed by atoms with Crippen LogP contribution in [-0.2, 0) is 27.4 Å². The molecule has 0 rings (SSSR count). The fourth-order valence-electron chi connectivity index (χ4n) is 0. The minimum atomic E-state index is -4.28. The summed E-state index contributed by atoms with van der Waals surface area (Å²) in [5.74, 6) is 0. The standard InChI is InChI=1S/H2O.3O.W/h1H2;;;;. The molecule has 0 aliphatic carbocycles. The van der Waals surface area contributed by atoms with Crippen molar-refractivity contribution in [2.45, 2.75) is 0 Å². The number of hydrogen-bond donors (Lipinski definition) is 0. The maximum absolute atomic E-state index is 8.61. The van der Waals surface area contributed by atoms with Gasteiger partial charge in [-0.25, -0.2) is 0 Å². The summed E-state index contributed by atoms with van der Waals surface area (Å²) in [7, 11) is 0. The van der Waals surface area contributed by atoms with Crippen molar-refractivity contribution in [2.75, 3.05) is 0 Å². The molecule has 0 fully saturated rings. The van der Waals surface area contributed by atoms with Gasteiger partial charge in [0.15, 0.2) is 0 Å². The van der Waals surface area contributed by atoms with Crippen LogP contribution in [-0.4, -0.2) is 5.48 Å². The first-order valence-corrected chi connectivity index (χ1v) is 4.09. The second kappa shape index (κ2) is 4.05. The van der Waals surface area contributed by atoms with Gasteiger partial charge in [0.25, 0.3) is 0 Å². The van der Waals surface area contributed by atoms with Gasteiger partial charge in [0.2, 0.25) is 0 Å². The molecule has 0 spiro atoms. The Morgan fingerprint density at radius 1 is 1.00 bits per heavy atom. The third kappa shape index (κ3) is 7280. The fourth-order valence-corrected chi connectivity index (χ4v) is 0. The summed E-state index contributed by atoms with van der Waals surface area (Å²) in [4.78, 5) is 0. The third-order valence-electron chi connectivity index (χ3n) is 0. The van der Waals surface area contributed by atoms with Gasteiger partial charge in [0, 0.05) is 0 Å². The topological polar surface area (TPSA) is 82.7 Å². The van der Waals surface area contributed by atoms with Crippen molar-refractivity contribution in [2.24, 2.45) is 0 Å². The van der Waals surface area contributed by atoms with Gasteiger partial charge in [-0.15, -0.1) is 0 Å². The average molecular weight is 250 g/mol. The first-order valence-electron chi connectivity index (χ1n) is 0.500. The SMILES string of the molecule is O.[O]=[W](=[O])=[O]. The van der Waals surface area contributed by atoms with Crippen molar-refractivity contribution in [3.05, 3.63) is 0 Å². The van der Waals surface area contributed by atoms with E-state index in [0.29, 0.717) is 0 Å². The molecule has 0 aromatic carbocycles. The monoisotopic (exact) mass is 250 g/mol. The molecule has 0 aliphatic rings. The molecule has 0 aliphatic heterocycles. The molecule has 0 amide bonds. The molecule has 0 bridgehead atoms. The van der Waals surface area contributed by atoms with Gasteiger partial charge in [-0.3, -0.25) is 0 Å². The van der Waals surface area contributed by atoms with Crippen LogP contribution in [0.5, 0.6) is 0 Å². The van der Waals surface area contributed by atoms with E-state index in [9.17, 15) is 0 Å². The van der Waals surface area contributed by atoms with Gasteiger partial charge in [-0.1, -0.05) is 0 Å². The Kier molecular flexibility index (Phi) is 7.21. The molecule has 0 saturated heterocycles.